The summed E-state index contributed by atoms with van der Waals surface area (Å²) in [5.41, 5.74) is 2.50. The van der Waals surface area contributed by atoms with E-state index in [9.17, 15) is 4.79 Å². The second-order valence-electron chi connectivity index (χ2n) is 6.40. The predicted molar refractivity (Wildman–Crippen MR) is 103 cm³/mol. The molecule has 1 saturated heterocycles. The first-order valence-corrected chi connectivity index (χ1v) is 9.83. The van der Waals surface area contributed by atoms with E-state index < -0.39 is 0 Å². The van der Waals surface area contributed by atoms with Gasteiger partial charge in [0.1, 0.15) is 0 Å². The van der Waals surface area contributed by atoms with E-state index in [0.29, 0.717) is 0 Å². The van der Waals surface area contributed by atoms with Gasteiger partial charge in [-0.3, -0.25) is 14.7 Å². The van der Waals surface area contributed by atoms with Gasteiger partial charge in [-0.1, -0.05) is 36.4 Å². The number of nitrogens with zero attached hydrogens (tertiary/aromatic N) is 3. The minimum Gasteiger partial charge on any atom is -0.339 e. The average molecular weight is 356 g/mol. The Bertz CT molecular complexity index is 657. The van der Waals surface area contributed by atoms with Crippen molar-refractivity contribution < 1.29 is 4.79 Å². The van der Waals surface area contributed by atoms with Gasteiger partial charge in [0.2, 0.25) is 5.91 Å². The van der Waals surface area contributed by atoms with E-state index in [2.05, 4.69) is 28.1 Å². The Balaban J connectivity index is 1.43. The molecular weight excluding hydrogens is 330 g/mol. The fraction of sp³-hybridized carbons (Fsp3) is 0.400. The summed E-state index contributed by atoms with van der Waals surface area (Å²) in [5, 5.41) is 0.00470. The number of pyridine rings is 1. The zero-order valence-electron chi connectivity index (χ0n) is 14.7. The molecule has 4 nitrogen and oxygen atoms in total. The minimum atomic E-state index is 0.00470. The molecule has 0 aliphatic carbocycles. The normalized spacial score (nSPS) is 16.6. The number of thioether (sulfide) groups is 1. The second-order valence-corrected chi connectivity index (χ2v) is 7.73. The lowest BCUT2D eigenvalue weighted by molar-refractivity contribution is -0.132. The number of hydrogen-bond donors (Lipinski definition) is 0. The molecule has 1 aromatic carbocycles. The molecule has 5 heteroatoms. The molecule has 0 N–H and O–H groups in total. The second kappa shape index (κ2) is 9.02. The number of carbonyl (C=O) groups is 1. The molecule has 1 aromatic heterocycles. The number of benzene rings is 1. The van der Waals surface area contributed by atoms with Crippen LogP contribution in [0.2, 0.25) is 0 Å². The molecule has 3 rings (SSSR count). The maximum absolute atomic E-state index is 12.7. The first kappa shape index (κ1) is 18.0. The van der Waals surface area contributed by atoms with E-state index in [4.69, 9.17) is 0 Å². The molecule has 2 heterocycles. The number of hydrogen-bond acceptors (Lipinski definition) is 4. The molecule has 1 amide bonds. The molecule has 0 bridgehead atoms. The zero-order valence-corrected chi connectivity index (χ0v) is 15.5. The highest BCUT2D eigenvalue weighted by Gasteiger charge is 2.25. The van der Waals surface area contributed by atoms with Gasteiger partial charge in [-0.15, -0.1) is 11.8 Å². The van der Waals surface area contributed by atoms with Crippen molar-refractivity contribution in [2.45, 2.75) is 24.5 Å². The molecule has 25 heavy (non-hydrogen) atoms. The highest BCUT2D eigenvalue weighted by molar-refractivity contribution is 7.99. The molecule has 0 saturated carbocycles. The van der Waals surface area contributed by atoms with Gasteiger partial charge >= 0.3 is 0 Å². The Morgan fingerprint density at radius 2 is 1.80 bits per heavy atom. The monoisotopic (exact) mass is 355 g/mol. The van der Waals surface area contributed by atoms with Crippen molar-refractivity contribution in [1.29, 1.82) is 0 Å². The molecule has 1 atom stereocenters. The van der Waals surface area contributed by atoms with E-state index in [0.717, 1.165) is 38.5 Å². The van der Waals surface area contributed by atoms with Crippen LogP contribution in [0.1, 0.15) is 18.1 Å². The first-order chi connectivity index (χ1) is 12.2. The SMILES string of the molecule is CC(SCc1ccccc1)C(=O)N1CCN(Cc2cccnc2)CC1. The van der Waals surface area contributed by atoms with Crippen molar-refractivity contribution in [3.63, 3.8) is 0 Å². The Kier molecular flexibility index (Phi) is 6.48. The summed E-state index contributed by atoms with van der Waals surface area (Å²) in [5.74, 6) is 1.15. The van der Waals surface area contributed by atoms with Crippen LogP contribution in [0.15, 0.2) is 54.9 Å². The van der Waals surface area contributed by atoms with Crippen LogP contribution in [0.3, 0.4) is 0 Å². The van der Waals surface area contributed by atoms with Gasteiger partial charge in [-0.2, -0.15) is 0 Å². The van der Waals surface area contributed by atoms with Gasteiger partial charge in [0, 0.05) is 50.9 Å². The Morgan fingerprint density at radius 3 is 2.48 bits per heavy atom. The predicted octanol–water partition coefficient (Wildman–Crippen LogP) is 3.05. The highest BCUT2D eigenvalue weighted by Crippen LogP contribution is 2.20. The van der Waals surface area contributed by atoms with Crippen LogP contribution in [-0.4, -0.2) is 52.1 Å². The lowest BCUT2D eigenvalue weighted by Crippen LogP contribution is -2.50. The average Bonchev–Trinajstić information content (AvgIpc) is 2.68. The van der Waals surface area contributed by atoms with Crippen LogP contribution >= 0.6 is 11.8 Å². The van der Waals surface area contributed by atoms with Crippen LogP contribution in [0.4, 0.5) is 0 Å². The van der Waals surface area contributed by atoms with Gasteiger partial charge < -0.3 is 4.90 Å². The van der Waals surface area contributed by atoms with Crippen LogP contribution in [0.25, 0.3) is 0 Å². The third kappa shape index (κ3) is 5.31. The van der Waals surface area contributed by atoms with E-state index in [1.165, 1.54) is 11.1 Å². The summed E-state index contributed by atoms with van der Waals surface area (Å²) < 4.78 is 0. The van der Waals surface area contributed by atoms with Crippen LogP contribution < -0.4 is 0 Å². The molecule has 2 aromatic rings. The van der Waals surface area contributed by atoms with E-state index >= 15 is 0 Å². The van der Waals surface area contributed by atoms with Gasteiger partial charge in [0.05, 0.1) is 5.25 Å². The lowest BCUT2D eigenvalue weighted by Gasteiger charge is -2.35. The Labute approximate surface area is 154 Å². The smallest absolute Gasteiger partial charge is 0.235 e. The molecule has 132 valence electrons. The van der Waals surface area contributed by atoms with Crippen LogP contribution in [0.5, 0.6) is 0 Å². The first-order valence-electron chi connectivity index (χ1n) is 8.78. The van der Waals surface area contributed by atoms with Crippen LogP contribution in [0, 0.1) is 0 Å². The number of amides is 1. The van der Waals surface area contributed by atoms with Crippen molar-refractivity contribution in [2.24, 2.45) is 0 Å². The Morgan fingerprint density at radius 1 is 1.08 bits per heavy atom. The molecule has 1 aliphatic rings. The van der Waals surface area contributed by atoms with E-state index in [1.54, 1.807) is 18.0 Å². The summed E-state index contributed by atoms with van der Waals surface area (Å²) in [6.45, 7) is 6.42. The van der Waals surface area contributed by atoms with Crippen molar-refractivity contribution in [3.05, 3.63) is 66.0 Å². The minimum absolute atomic E-state index is 0.00470. The lowest BCUT2D eigenvalue weighted by atomic mass is 10.2. The van der Waals surface area contributed by atoms with E-state index in [1.807, 2.05) is 42.3 Å². The summed E-state index contributed by atoms with van der Waals surface area (Å²) >= 11 is 1.72. The zero-order chi connectivity index (χ0) is 17.5. The number of rotatable bonds is 6. The maximum atomic E-state index is 12.7. The molecule has 1 fully saturated rings. The third-order valence-electron chi connectivity index (χ3n) is 4.50. The van der Waals surface area contributed by atoms with Crippen molar-refractivity contribution in [2.75, 3.05) is 26.2 Å². The molecule has 0 radical (unpaired) electrons. The number of piperazine rings is 1. The standard InChI is InChI=1S/C20H25N3OS/c1-17(25-16-18-6-3-2-4-7-18)20(24)23-12-10-22(11-13-23)15-19-8-5-9-21-14-19/h2-9,14,17H,10-13,15-16H2,1H3. The largest absolute Gasteiger partial charge is 0.339 e. The summed E-state index contributed by atoms with van der Waals surface area (Å²) in [6.07, 6.45) is 3.72. The van der Waals surface area contributed by atoms with E-state index in [-0.39, 0.29) is 11.2 Å². The molecule has 0 spiro atoms. The molecule has 1 unspecified atom stereocenters. The van der Waals surface area contributed by atoms with Crippen LogP contribution in [-0.2, 0) is 17.1 Å². The summed E-state index contributed by atoms with van der Waals surface area (Å²) in [6, 6.07) is 14.4. The van der Waals surface area contributed by atoms with Gasteiger partial charge in [-0.25, -0.2) is 0 Å². The van der Waals surface area contributed by atoms with Crippen molar-refractivity contribution in [3.8, 4) is 0 Å². The molecular formula is C20H25N3OS. The summed E-state index contributed by atoms with van der Waals surface area (Å²) in [7, 11) is 0. The van der Waals surface area contributed by atoms with Crippen molar-refractivity contribution >= 4 is 17.7 Å². The van der Waals surface area contributed by atoms with Gasteiger partial charge in [-0.05, 0) is 24.1 Å². The van der Waals surface area contributed by atoms with Crippen molar-refractivity contribution in [1.82, 2.24) is 14.8 Å². The van der Waals surface area contributed by atoms with Gasteiger partial charge in [0.15, 0.2) is 0 Å². The highest BCUT2D eigenvalue weighted by atomic mass is 32.2. The quantitative estimate of drug-likeness (QED) is 0.798. The molecule has 1 aliphatic heterocycles. The fourth-order valence-electron chi connectivity index (χ4n) is 3.00. The number of carbonyl (C=O) groups excluding carboxylic acids is 1. The summed E-state index contributed by atoms with van der Waals surface area (Å²) in [4.78, 5) is 21.2. The Hall–Kier alpha value is -1.85. The number of aromatic nitrogens is 1. The maximum Gasteiger partial charge on any atom is 0.235 e. The fourth-order valence-corrected chi connectivity index (χ4v) is 3.93. The van der Waals surface area contributed by atoms with Gasteiger partial charge in [0.25, 0.3) is 0 Å². The third-order valence-corrected chi connectivity index (χ3v) is 5.71. The topological polar surface area (TPSA) is 36.4 Å².